The second-order valence-corrected chi connectivity index (χ2v) is 6.50. The molecule has 3 rings (SSSR count). The number of fused-ring (bicyclic) bond motifs is 1. The first kappa shape index (κ1) is 17.7. The third kappa shape index (κ3) is 5.20. The Morgan fingerprint density at radius 1 is 1.13 bits per heavy atom. The molecule has 1 saturated heterocycles. The molecule has 0 bridgehead atoms. The first-order valence-corrected chi connectivity index (χ1v) is 8.27. The Kier molecular flexibility index (Phi) is 5.98. The summed E-state index contributed by atoms with van der Waals surface area (Å²) < 4.78 is 5.76. The second kappa shape index (κ2) is 7.77. The number of hydrogen-bond donors (Lipinski definition) is 2. The van der Waals surface area contributed by atoms with Crippen LogP contribution in [-0.2, 0) is 19.1 Å². The molecule has 1 heterocycles. The maximum atomic E-state index is 12.1. The number of carbonyl (C=O) groups excluding carboxylic acids is 2. The first-order valence-electron chi connectivity index (χ1n) is 8.27. The monoisotopic (exact) mass is 326 g/mol. The van der Waals surface area contributed by atoms with Gasteiger partial charge >= 0.3 is 0 Å². The van der Waals surface area contributed by atoms with Gasteiger partial charge < -0.3 is 20.1 Å². The molecule has 2 saturated carbocycles. The lowest BCUT2D eigenvalue weighted by molar-refractivity contribution is -0.152. The molecule has 7 heteroatoms. The summed E-state index contributed by atoms with van der Waals surface area (Å²) in [5.41, 5.74) is 0. The predicted octanol–water partition coefficient (Wildman–Crippen LogP) is 0.772. The standard InChI is InChI=1S/C14H22N2O3.C2H4O2/c1-9(17)16-6-7-19-13-5-2-10(8-12(13)16)14(18)15-11-3-4-11;1-2(3)4/h10-13H,2-8H2,1H3,(H,15,18);1H3,(H,3,4)/t10-,12+,13+;/m0./s1. The Morgan fingerprint density at radius 2 is 1.78 bits per heavy atom. The summed E-state index contributed by atoms with van der Waals surface area (Å²) in [5.74, 6) is -0.512. The molecule has 2 N–H and O–H groups in total. The van der Waals surface area contributed by atoms with Crippen LogP contribution in [0.4, 0.5) is 0 Å². The number of morpholine rings is 1. The van der Waals surface area contributed by atoms with Crippen LogP contribution in [0.3, 0.4) is 0 Å². The van der Waals surface area contributed by atoms with Crippen molar-refractivity contribution in [3.05, 3.63) is 0 Å². The fourth-order valence-corrected chi connectivity index (χ4v) is 3.29. The van der Waals surface area contributed by atoms with E-state index in [1.807, 2.05) is 4.90 Å². The zero-order valence-corrected chi connectivity index (χ0v) is 13.8. The molecule has 130 valence electrons. The Balaban J connectivity index is 0.000000433. The number of carboxylic acid groups (broad SMARTS) is 1. The van der Waals surface area contributed by atoms with E-state index < -0.39 is 5.97 Å². The predicted molar refractivity (Wildman–Crippen MR) is 82.7 cm³/mol. The van der Waals surface area contributed by atoms with Crippen LogP contribution in [-0.4, -0.2) is 59.1 Å². The van der Waals surface area contributed by atoms with Crippen molar-refractivity contribution in [1.29, 1.82) is 0 Å². The van der Waals surface area contributed by atoms with Gasteiger partial charge in [-0.15, -0.1) is 0 Å². The number of ether oxygens (including phenoxy) is 1. The summed E-state index contributed by atoms with van der Waals surface area (Å²) in [6.07, 6.45) is 4.88. The van der Waals surface area contributed by atoms with Crippen molar-refractivity contribution in [2.75, 3.05) is 13.2 Å². The van der Waals surface area contributed by atoms with E-state index in [-0.39, 0.29) is 29.9 Å². The van der Waals surface area contributed by atoms with Crippen LogP contribution in [0.2, 0.25) is 0 Å². The molecule has 3 atom stereocenters. The summed E-state index contributed by atoms with van der Waals surface area (Å²) >= 11 is 0. The number of amides is 2. The molecule has 0 aromatic rings. The maximum absolute atomic E-state index is 12.1. The number of carboxylic acids is 1. The average Bonchev–Trinajstić information content (AvgIpc) is 3.29. The maximum Gasteiger partial charge on any atom is 0.300 e. The van der Waals surface area contributed by atoms with E-state index in [9.17, 15) is 9.59 Å². The summed E-state index contributed by atoms with van der Waals surface area (Å²) in [7, 11) is 0. The van der Waals surface area contributed by atoms with E-state index in [0.29, 0.717) is 19.2 Å². The van der Waals surface area contributed by atoms with E-state index in [1.165, 1.54) is 0 Å². The van der Waals surface area contributed by atoms with Crippen molar-refractivity contribution in [2.45, 2.75) is 64.1 Å². The van der Waals surface area contributed by atoms with Gasteiger partial charge in [0.25, 0.3) is 5.97 Å². The highest BCUT2D eigenvalue weighted by atomic mass is 16.5. The van der Waals surface area contributed by atoms with Crippen LogP contribution in [0.15, 0.2) is 0 Å². The Morgan fingerprint density at radius 3 is 2.35 bits per heavy atom. The number of hydrogen-bond acceptors (Lipinski definition) is 4. The molecule has 0 unspecified atom stereocenters. The van der Waals surface area contributed by atoms with Gasteiger partial charge in [-0.05, 0) is 32.1 Å². The number of rotatable bonds is 2. The van der Waals surface area contributed by atoms with Crippen LogP contribution in [0.5, 0.6) is 0 Å². The zero-order chi connectivity index (χ0) is 17.0. The van der Waals surface area contributed by atoms with Crippen molar-refractivity contribution < 1.29 is 24.2 Å². The lowest BCUT2D eigenvalue weighted by atomic mass is 9.81. The molecule has 3 fully saturated rings. The fourth-order valence-electron chi connectivity index (χ4n) is 3.29. The molecule has 0 aromatic heterocycles. The molecule has 3 aliphatic rings. The molecule has 23 heavy (non-hydrogen) atoms. The van der Waals surface area contributed by atoms with Crippen LogP contribution in [0, 0.1) is 5.92 Å². The van der Waals surface area contributed by atoms with Crippen LogP contribution in [0.1, 0.15) is 46.0 Å². The van der Waals surface area contributed by atoms with Crippen molar-refractivity contribution in [3.63, 3.8) is 0 Å². The lowest BCUT2D eigenvalue weighted by Crippen LogP contribution is -2.56. The highest BCUT2D eigenvalue weighted by Crippen LogP contribution is 2.33. The second-order valence-electron chi connectivity index (χ2n) is 6.50. The van der Waals surface area contributed by atoms with Gasteiger partial charge in [-0.2, -0.15) is 0 Å². The van der Waals surface area contributed by atoms with Gasteiger partial charge in [-0.1, -0.05) is 0 Å². The molecule has 0 spiro atoms. The Bertz CT molecular complexity index is 459. The van der Waals surface area contributed by atoms with Gasteiger partial charge in [0.05, 0.1) is 18.8 Å². The highest BCUT2D eigenvalue weighted by molar-refractivity contribution is 5.80. The number of carbonyl (C=O) groups is 3. The smallest absolute Gasteiger partial charge is 0.300 e. The van der Waals surface area contributed by atoms with Crippen LogP contribution < -0.4 is 5.32 Å². The Labute approximate surface area is 136 Å². The van der Waals surface area contributed by atoms with E-state index in [2.05, 4.69) is 5.32 Å². The molecule has 2 aliphatic carbocycles. The van der Waals surface area contributed by atoms with Crippen molar-refractivity contribution >= 4 is 17.8 Å². The highest BCUT2D eigenvalue weighted by Gasteiger charge is 2.41. The largest absolute Gasteiger partial charge is 0.481 e. The van der Waals surface area contributed by atoms with Crippen LogP contribution >= 0.6 is 0 Å². The summed E-state index contributed by atoms with van der Waals surface area (Å²) in [4.78, 5) is 34.7. The molecule has 1 aliphatic heterocycles. The minimum Gasteiger partial charge on any atom is -0.481 e. The van der Waals surface area contributed by atoms with E-state index in [1.54, 1.807) is 6.92 Å². The number of nitrogens with zero attached hydrogens (tertiary/aromatic N) is 1. The third-order valence-electron chi connectivity index (χ3n) is 4.52. The lowest BCUT2D eigenvalue weighted by Gasteiger charge is -2.45. The van der Waals surface area contributed by atoms with E-state index in [4.69, 9.17) is 14.6 Å². The minimum absolute atomic E-state index is 0.0467. The zero-order valence-electron chi connectivity index (χ0n) is 13.8. The van der Waals surface area contributed by atoms with Crippen molar-refractivity contribution in [2.24, 2.45) is 5.92 Å². The average molecular weight is 326 g/mol. The molecule has 0 radical (unpaired) electrons. The molecular weight excluding hydrogens is 300 g/mol. The molecule has 7 nitrogen and oxygen atoms in total. The van der Waals surface area contributed by atoms with Crippen molar-refractivity contribution in [3.8, 4) is 0 Å². The van der Waals surface area contributed by atoms with Gasteiger partial charge in [-0.3, -0.25) is 14.4 Å². The summed E-state index contributed by atoms with van der Waals surface area (Å²) in [6.45, 7) is 3.98. The number of aliphatic carboxylic acids is 1. The summed E-state index contributed by atoms with van der Waals surface area (Å²) in [5, 5.41) is 10.5. The Hall–Kier alpha value is -1.63. The molecular formula is C16H26N2O5. The SMILES string of the molecule is CC(=O)N1CCO[C@@H]2CC[C@H](C(=O)NC3CC3)C[C@H]21.CC(=O)O. The fraction of sp³-hybridized carbons (Fsp3) is 0.812. The topological polar surface area (TPSA) is 95.9 Å². The van der Waals surface area contributed by atoms with Crippen molar-refractivity contribution in [1.82, 2.24) is 10.2 Å². The normalized spacial score (nSPS) is 29.7. The molecule has 2 amide bonds. The van der Waals surface area contributed by atoms with Gasteiger partial charge in [-0.25, -0.2) is 0 Å². The van der Waals surface area contributed by atoms with E-state index >= 15 is 0 Å². The van der Waals surface area contributed by atoms with Gasteiger partial charge in [0.1, 0.15) is 0 Å². The quantitative estimate of drug-likeness (QED) is 0.781. The van der Waals surface area contributed by atoms with E-state index in [0.717, 1.165) is 39.0 Å². The van der Waals surface area contributed by atoms with Gasteiger partial charge in [0.15, 0.2) is 0 Å². The summed E-state index contributed by atoms with van der Waals surface area (Å²) in [6, 6.07) is 0.506. The minimum atomic E-state index is -0.833. The third-order valence-corrected chi connectivity index (χ3v) is 4.52. The van der Waals surface area contributed by atoms with Crippen LogP contribution in [0.25, 0.3) is 0 Å². The van der Waals surface area contributed by atoms with Gasteiger partial charge in [0.2, 0.25) is 11.8 Å². The van der Waals surface area contributed by atoms with Gasteiger partial charge in [0, 0.05) is 32.4 Å². The number of nitrogens with one attached hydrogen (secondary N) is 1. The molecule has 0 aromatic carbocycles. The first-order chi connectivity index (χ1) is 10.9.